The number of aromatic nitrogens is 4. The van der Waals surface area contributed by atoms with Crippen LogP contribution < -0.4 is 16.6 Å². The average Bonchev–Trinajstić information content (AvgIpc) is 2.93. The number of hydrogen-bond donors (Lipinski definition) is 3. The van der Waals surface area contributed by atoms with E-state index in [-0.39, 0.29) is 18.5 Å². The Kier molecular flexibility index (Phi) is 4.14. The zero-order chi connectivity index (χ0) is 14.5. The molecule has 8 heteroatoms. The topological polar surface area (TPSA) is 113 Å². The minimum atomic E-state index is -0.612. The highest BCUT2D eigenvalue weighted by atomic mass is 16.2. The van der Waals surface area contributed by atoms with Gasteiger partial charge in [0.2, 0.25) is 5.91 Å². The molecule has 0 spiro atoms. The minimum absolute atomic E-state index is 0.160. The number of carbonyl (C=O) groups is 1. The first-order chi connectivity index (χ1) is 9.60. The second kappa shape index (κ2) is 6.00. The predicted octanol–water partition coefficient (Wildman–Crippen LogP) is -0.473. The van der Waals surface area contributed by atoms with E-state index in [0.29, 0.717) is 12.2 Å². The van der Waals surface area contributed by atoms with Gasteiger partial charge in [0.05, 0.1) is 6.04 Å². The number of imidazole rings is 1. The molecule has 0 aliphatic rings. The van der Waals surface area contributed by atoms with Crippen molar-refractivity contribution in [1.82, 2.24) is 24.8 Å². The highest BCUT2D eigenvalue weighted by Crippen LogP contribution is 2.10. The molecule has 2 heterocycles. The lowest BCUT2D eigenvalue weighted by atomic mass is 10.2. The molecule has 2 aromatic heterocycles. The molecule has 0 fully saturated rings. The summed E-state index contributed by atoms with van der Waals surface area (Å²) in [5.41, 5.74) is -1.10. The molecule has 20 heavy (non-hydrogen) atoms. The van der Waals surface area contributed by atoms with E-state index in [2.05, 4.69) is 20.3 Å². The maximum atomic E-state index is 11.9. The van der Waals surface area contributed by atoms with Crippen LogP contribution >= 0.6 is 0 Å². The predicted molar refractivity (Wildman–Crippen MR) is 71.1 cm³/mol. The summed E-state index contributed by atoms with van der Waals surface area (Å²) in [4.78, 5) is 43.4. The van der Waals surface area contributed by atoms with Crippen LogP contribution in [0.4, 0.5) is 0 Å². The van der Waals surface area contributed by atoms with Crippen LogP contribution in [0.2, 0.25) is 0 Å². The van der Waals surface area contributed by atoms with E-state index in [1.807, 2.05) is 6.92 Å². The second-order valence-electron chi connectivity index (χ2n) is 4.24. The lowest BCUT2D eigenvalue weighted by molar-refractivity contribution is -0.122. The summed E-state index contributed by atoms with van der Waals surface area (Å²) in [6.07, 6.45) is 5.24. The maximum Gasteiger partial charge on any atom is 0.328 e. The molecule has 1 atom stereocenters. The van der Waals surface area contributed by atoms with Crippen molar-refractivity contribution in [1.29, 1.82) is 0 Å². The van der Waals surface area contributed by atoms with Gasteiger partial charge in [0.15, 0.2) is 0 Å². The van der Waals surface area contributed by atoms with Crippen LogP contribution in [0.25, 0.3) is 0 Å². The van der Waals surface area contributed by atoms with E-state index < -0.39 is 11.2 Å². The molecule has 0 aliphatic carbocycles. The van der Waals surface area contributed by atoms with Gasteiger partial charge in [0, 0.05) is 24.7 Å². The third-order valence-corrected chi connectivity index (χ3v) is 2.80. The van der Waals surface area contributed by atoms with Crippen molar-refractivity contribution in [3.05, 3.63) is 51.3 Å². The van der Waals surface area contributed by atoms with Crippen LogP contribution in [-0.2, 0) is 11.3 Å². The van der Waals surface area contributed by atoms with Gasteiger partial charge in [0.1, 0.15) is 12.4 Å². The molecule has 1 unspecified atom stereocenters. The Morgan fingerprint density at radius 3 is 2.90 bits per heavy atom. The fraction of sp³-hybridized carbons (Fsp3) is 0.333. The van der Waals surface area contributed by atoms with Crippen molar-refractivity contribution >= 4 is 5.91 Å². The molecule has 3 N–H and O–H groups in total. The minimum Gasteiger partial charge on any atom is -0.347 e. The van der Waals surface area contributed by atoms with Gasteiger partial charge >= 0.3 is 5.69 Å². The van der Waals surface area contributed by atoms with Crippen LogP contribution in [0, 0.1) is 0 Å². The Balaban J connectivity index is 2.05. The molecule has 2 aromatic rings. The third kappa shape index (κ3) is 3.22. The van der Waals surface area contributed by atoms with Gasteiger partial charge < -0.3 is 10.3 Å². The quantitative estimate of drug-likeness (QED) is 0.685. The number of nitrogens with one attached hydrogen (secondary N) is 3. The highest BCUT2D eigenvalue weighted by Gasteiger charge is 2.15. The number of carbonyl (C=O) groups excluding carboxylic acids is 1. The number of hydrogen-bond acceptors (Lipinski definition) is 4. The maximum absolute atomic E-state index is 11.9. The van der Waals surface area contributed by atoms with E-state index in [1.165, 1.54) is 12.3 Å². The van der Waals surface area contributed by atoms with Gasteiger partial charge in [-0.1, -0.05) is 6.92 Å². The summed E-state index contributed by atoms with van der Waals surface area (Å²) < 4.78 is 1.13. The average molecular weight is 277 g/mol. The smallest absolute Gasteiger partial charge is 0.328 e. The van der Waals surface area contributed by atoms with Crippen molar-refractivity contribution in [3.63, 3.8) is 0 Å². The summed E-state index contributed by atoms with van der Waals surface area (Å²) in [5.74, 6) is 0.331. The molecule has 0 saturated carbocycles. The van der Waals surface area contributed by atoms with Crippen LogP contribution in [0.3, 0.4) is 0 Å². The van der Waals surface area contributed by atoms with Gasteiger partial charge in [-0.15, -0.1) is 0 Å². The first-order valence-corrected chi connectivity index (χ1v) is 6.18. The Hall–Kier alpha value is -2.64. The van der Waals surface area contributed by atoms with E-state index in [4.69, 9.17) is 0 Å². The molecular formula is C12H15N5O3. The number of amides is 1. The molecule has 0 saturated heterocycles. The molecule has 0 radical (unpaired) electrons. The zero-order valence-electron chi connectivity index (χ0n) is 10.9. The van der Waals surface area contributed by atoms with Gasteiger partial charge in [0.25, 0.3) is 5.56 Å². The molecule has 0 aromatic carbocycles. The number of H-pyrrole nitrogens is 2. The van der Waals surface area contributed by atoms with Crippen molar-refractivity contribution in [2.45, 2.75) is 25.9 Å². The molecule has 0 bridgehead atoms. The van der Waals surface area contributed by atoms with Gasteiger partial charge in [-0.2, -0.15) is 0 Å². The summed E-state index contributed by atoms with van der Waals surface area (Å²) >= 11 is 0. The Bertz CT molecular complexity index is 686. The first-order valence-electron chi connectivity index (χ1n) is 6.18. The summed E-state index contributed by atoms with van der Waals surface area (Å²) in [5, 5.41) is 2.77. The van der Waals surface area contributed by atoms with Gasteiger partial charge in [-0.05, 0) is 6.42 Å². The zero-order valence-corrected chi connectivity index (χ0v) is 10.9. The van der Waals surface area contributed by atoms with Crippen LogP contribution in [0.1, 0.15) is 25.2 Å². The highest BCUT2D eigenvalue weighted by molar-refractivity contribution is 5.76. The second-order valence-corrected chi connectivity index (χ2v) is 4.24. The van der Waals surface area contributed by atoms with E-state index >= 15 is 0 Å². The number of rotatable bonds is 5. The lowest BCUT2D eigenvalue weighted by Gasteiger charge is -2.15. The first kappa shape index (κ1) is 13.8. The fourth-order valence-electron chi connectivity index (χ4n) is 1.80. The molecule has 106 valence electrons. The standard InChI is InChI=1S/C12H15N5O3/c1-2-8(11-13-4-5-14-11)15-10(19)7-17-6-3-9(18)16-12(17)20/h3-6,8H,2,7H2,1H3,(H,13,14)(H,15,19)(H,16,18,20). The van der Waals surface area contributed by atoms with Crippen molar-refractivity contribution < 1.29 is 4.79 Å². The lowest BCUT2D eigenvalue weighted by Crippen LogP contribution is -2.37. The van der Waals surface area contributed by atoms with Gasteiger partial charge in [-0.3, -0.25) is 19.1 Å². The largest absolute Gasteiger partial charge is 0.347 e. The van der Waals surface area contributed by atoms with Crippen LogP contribution in [0.15, 0.2) is 34.2 Å². The molecular weight excluding hydrogens is 262 g/mol. The Morgan fingerprint density at radius 1 is 1.50 bits per heavy atom. The Labute approximate surface area is 113 Å². The van der Waals surface area contributed by atoms with Crippen molar-refractivity contribution in [2.24, 2.45) is 0 Å². The van der Waals surface area contributed by atoms with Crippen LogP contribution in [-0.4, -0.2) is 25.4 Å². The van der Waals surface area contributed by atoms with Gasteiger partial charge in [-0.25, -0.2) is 9.78 Å². The SMILES string of the molecule is CCC(NC(=O)Cn1ccc(=O)[nH]c1=O)c1ncc[nH]1. The summed E-state index contributed by atoms with van der Waals surface area (Å²) in [7, 11) is 0. The van der Waals surface area contributed by atoms with E-state index in [9.17, 15) is 14.4 Å². The third-order valence-electron chi connectivity index (χ3n) is 2.80. The van der Waals surface area contributed by atoms with Crippen molar-refractivity contribution in [3.8, 4) is 0 Å². The summed E-state index contributed by atoms with van der Waals surface area (Å²) in [6, 6.07) is 0.953. The molecule has 8 nitrogen and oxygen atoms in total. The Morgan fingerprint density at radius 2 is 2.30 bits per heavy atom. The van der Waals surface area contributed by atoms with Crippen LogP contribution in [0.5, 0.6) is 0 Å². The monoisotopic (exact) mass is 277 g/mol. The normalized spacial score (nSPS) is 12.1. The molecule has 0 aliphatic heterocycles. The number of aromatic amines is 2. The fourth-order valence-corrected chi connectivity index (χ4v) is 1.80. The van der Waals surface area contributed by atoms with E-state index in [0.717, 1.165) is 4.57 Å². The number of nitrogens with zero attached hydrogens (tertiary/aromatic N) is 2. The molecule has 2 rings (SSSR count). The van der Waals surface area contributed by atoms with Crippen molar-refractivity contribution in [2.75, 3.05) is 0 Å². The summed E-state index contributed by atoms with van der Waals surface area (Å²) in [6.45, 7) is 1.76. The van der Waals surface area contributed by atoms with E-state index in [1.54, 1.807) is 12.4 Å². The molecule has 1 amide bonds.